The zero-order valence-electron chi connectivity index (χ0n) is 12.2. The molecule has 0 amide bonds. The average molecular weight is 252 g/mol. The second kappa shape index (κ2) is 6.72. The van der Waals surface area contributed by atoms with Gasteiger partial charge in [-0.05, 0) is 43.4 Å². The summed E-state index contributed by atoms with van der Waals surface area (Å²) in [4.78, 5) is 0. The Morgan fingerprint density at radius 3 is 2.78 bits per heavy atom. The minimum absolute atomic E-state index is 0.477. The SMILES string of the molecule is CC(CC1CC(C(C)C)CCO1)C1=CCOCC1. The predicted molar refractivity (Wildman–Crippen MR) is 74.6 cm³/mol. The predicted octanol–water partition coefficient (Wildman–Crippen LogP) is 3.81. The first-order valence-electron chi connectivity index (χ1n) is 7.55. The number of rotatable bonds is 4. The van der Waals surface area contributed by atoms with Crippen LogP contribution in [0, 0.1) is 17.8 Å². The highest BCUT2D eigenvalue weighted by atomic mass is 16.5. The summed E-state index contributed by atoms with van der Waals surface area (Å²) in [6.45, 7) is 9.70. The van der Waals surface area contributed by atoms with Gasteiger partial charge < -0.3 is 9.47 Å². The third-order valence-corrected chi connectivity index (χ3v) is 4.60. The van der Waals surface area contributed by atoms with E-state index >= 15 is 0 Å². The molecule has 0 spiro atoms. The second-order valence-electron chi connectivity index (χ2n) is 6.26. The van der Waals surface area contributed by atoms with Crippen LogP contribution < -0.4 is 0 Å². The van der Waals surface area contributed by atoms with Crippen LogP contribution in [0.5, 0.6) is 0 Å². The summed E-state index contributed by atoms with van der Waals surface area (Å²) in [7, 11) is 0. The summed E-state index contributed by atoms with van der Waals surface area (Å²) < 4.78 is 11.3. The molecular formula is C16H28O2. The molecule has 0 aliphatic carbocycles. The van der Waals surface area contributed by atoms with Crippen LogP contribution in [0.2, 0.25) is 0 Å². The summed E-state index contributed by atoms with van der Waals surface area (Å²) in [6, 6.07) is 0. The molecule has 3 unspecified atom stereocenters. The highest BCUT2D eigenvalue weighted by molar-refractivity contribution is 5.08. The summed E-state index contributed by atoms with van der Waals surface area (Å²) in [5.41, 5.74) is 1.58. The van der Waals surface area contributed by atoms with E-state index in [4.69, 9.17) is 9.47 Å². The molecule has 104 valence electrons. The van der Waals surface area contributed by atoms with E-state index in [1.165, 1.54) is 19.3 Å². The van der Waals surface area contributed by atoms with Crippen molar-refractivity contribution in [2.24, 2.45) is 17.8 Å². The maximum Gasteiger partial charge on any atom is 0.0650 e. The molecule has 2 nitrogen and oxygen atoms in total. The van der Waals surface area contributed by atoms with Gasteiger partial charge in [-0.25, -0.2) is 0 Å². The second-order valence-corrected chi connectivity index (χ2v) is 6.26. The van der Waals surface area contributed by atoms with Crippen LogP contribution in [0.15, 0.2) is 11.6 Å². The molecule has 0 aromatic rings. The zero-order valence-corrected chi connectivity index (χ0v) is 12.2. The van der Waals surface area contributed by atoms with Crippen molar-refractivity contribution in [1.29, 1.82) is 0 Å². The maximum absolute atomic E-state index is 5.96. The lowest BCUT2D eigenvalue weighted by molar-refractivity contribution is -0.0282. The van der Waals surface area contributed by atoms with Gasteiger partial charge in [0.25, 0.3) is 0 Å². The van der Waals surface area contributed by atoms with E-state index in [-0.39, 0.29) is 0 Å². The van der Waals surface area contributed by atoms with E-state index in [1.807, 2.05) is 0 Å². The van der Waals surface area contributed by atoms with Gasteiger partial charge in [-0.3, -0.25) is 0 Å². The Hall–Kier alpha value is -0.340. The first-order valence-corrected chi connectivity index (χ1v) is 7.55. The van der Waals surface area contributed by atoms with Gasteiger partial charge in [0, 0.05) is 6.61 Å². The highest BCUT2D eigenvalue weighted by Gasteiger charge is 2.26. The lowest BCUT2D eigenvalue weighted by Gasteiger charge is -2.34. The van der Waals surface area contributed by atoms with Crippen LogP contribution in [-0.4, -0.2) is 25.9 Å². The topological polar surface area (TPSA) is 18.5 Å². The molecule has 1 fully saturated rings. The first kappa shape index (κ1) is 14.1. The highest BCUT2D eigenvalue weighted by Crippen LogP contribution is 2.32. The Bertz CT molecular complexity index is 283. The normalized spacial score (nSPS) is 31.2. The standard InChI is InChI=1S/C16H28O2/c1-12(2)15-6-9-18-16(11-15)10-13(3)14-4-7-17-8-5-14/h4,12-13,15-16H,5-11H2,1-3H3. The Morgan fingerprint density at radius 2 is 2.11 bits per heavy atom. The van der Waals surface area contributed by atoms with E-state index < -0.39 is 0 Å². The molecule has 0 N–H and O–H groups in total. The van der Waals surface area contributed by atoms with Crippen LogP contribution in [0.25, 0.3) is 0 Å². The van der Waals surface area contributed by atoms with Crippen LogP contribution in [-0.2, 0) is 9.47 Å². The van der Waals surface area contributed by atoms with Crippen molar-refractivity contribution in [2.75, 3.05) is 19.8 Å². The number of hydrogen-bond donors (Lipinski definition) is 0. The fourth-order valence-electron chi connectivity index (χ4n) is 3.21. The number of ether oxygens (including phenoxy) is 2. The molecule has 18 heavy (non-hydrogen) atoms. The minimum Gasteiger partial charge on any atom is -0.378 e. The van der Waals surface area contributed by atoms with Gasteiger partial charge in [-0.2, -0.15) is 0 Å². The van der Waals surface area contributed by atoms with Crippen molar-refractivity contribution in [3.63, 3.8) is 0 Å². The maximum atomic E-state index is 5.96. The van der Waals surface area contributed by atoms with E-state index in [0.29, 0.717) is 12.0 Å². The molecular weight excluding hydrogens is 224 g/mol. The monoisotopic (exact) mass is 252 g/mol. The fraction of sp³-hybridized carbons (Fsp3) is 0.875. The largest absolute Gasteiger partial charge is 0.378 e. The summed E-state index contributed by atoms with van der Waals surface area (Å²) in [5, 5.41) is 0. The lowest BCUT2D eigenvalue weighted by Crippen LogP contribution is -2.30. The Balaban J connectivity index is 1.83. The minimum atomic E-state index is 0.477. The fourth-order valence-corrected chi connectivity index (χ4v) is 3.21. The molecule has 1 saturated heterocycles. The van der Waals surface area contributed by atoms with Gasteiger partial charge in [-0.1, -0.05) is 32.4 Å². The molecule has 0 bridgehead atoms. The third-order valence-electron chi connectivity index (χ3n) is 4.60. The van der Waals surface area contributed by atoms with Crippen molar-refractivity contribution < 1.29 is 9.47 Å². The van der Waals surface area contributed by atoms with Gasteiger partial charge >= 0.3 is 0 Å². The van der Waals surface area contributed by atoms with Gasteiger partial charge in [0.2, 0.25) is 0 Å². The first-order chi connectivity index (χ1) is 8.66. The zero-order chi connectivity index (χ0) is 13.0. The van der Waals surface area contributed by atoms with Crippen molar-refractivity contribution in [2.45, 2.75) is 52.6 Å². The molecule has 0 radical (unpaired) electrons. The molecule has 0 aromatic carbocycles. The Kier molecular flexibility index (Phi) is 5.25. The lowest BCUT2D eigenvalue weighted by atomic mass is 9.82. The van der Waals surface area contributed by atoms with Crippen LogP contribution >= 0.6 is 0 Å². The summed E-state index contributed by atoms with van der Waals surface area (Å²) in [5.74, 6) is 2.32. The van der Waals surface area contributed by atoms with Crippen molar-refractivity contribution >= 4 is 0 Å². The van der Waals surface area contributed by atoms with E-state index in [1.54, 1.807) is 5.57 Å². The van der Waals surface area contributed by atoms with E-state index in [0.717, 1.165) is 38.1 Å². The van der Waals surface area contributed by atoms with Crippen molar-refractivity contribution in [1.82, 2.24) is 0 Å². The number of hydrogen-bond acceptors (Lipinski definition) is 2. The quantitative estimate of drug-likeness (QED) is 0.708. The average Bonchev–Trinajstić information content (AvgIpc) is 2.40. The van der Waals surface area contributed by atoms with Crippen LogP contribution in [0.4, 0.5) is 0 Å². The molecule has 2 heteroatoms. The molecule has 2 aliphatic heterocycles. The van der Waals surface area contributed by atoms with Crippen LogP contribution in [0.1, 0.15) is 46.5 Å². The molecule has 2 aliphatic rings. The molecule has 0 aromatic heterocycles. The van der Waals surface area contributed by atoms with E-state index in [2.05, 4.69) is 26.8 Å². The molecule has 0 saturated carbocycles. The van der Waals surface area contributed by atoms with Gasteiger partial charge in [0.1, 0.15) is 0 Å². The van der Waals surface area contributed by atoms with Crippen molar-refractivity contribution in [3.8, 4) is 0 Å². The van der Waals surface area contributed by atoms with Crippen LogP contribution in [0.3, 0.4) is 0 Å². The van der Waals surface area contributed by atoms with Crippen molar-refractivity contribution in [3.05, 3.63) is 11.6 Å². The smallest absolute Gasteiger partial charge is 0.0650 e. The molecule has 3 atom stereocenters. The van der Waals surface area contributed by atoms with Gasteiger partial charge in [0.15, 0.2) is 0 Å². The Morgan fingerprint density at radius 1 is 1.28 bits per heavy atom. The third kappa shape index (κ3) is 3.83. The van der Waals surface area contributed by atoms with Gasteiger partial charge in [-0.15, -0.1) is 0 Å². The van der Waals surface area contributed by atoms with E-state index in [9.17, 15) is 0 Å². The van der Waals surface area contributed by atoms with Gasteiger partial charge in [0.05, 0.1) is 19.3 Å². The summed E-state index contributed by atoms with van der Waals surface area (Å²) >= 11 is 0. The summed E-state index contributed by atoms with van der Waals surface area (Å²) in [6.07, 6.45) is 7.56. The Labute approximate surface area is 112 Å². The molecule has 2 rings (SSSR count). The molecule has 2 heterocycles.